The highest BCUT2D eigenvalue weighted by Crippen LogP contribution is 2.12. The van der Waals surface area contributed by atoms with E-state index in [0.717, 1.165) is 38.4 Å². The predicted molar refractivity (Wildman–Crippen MR) is 88.2 cm³/mol. The number of hydrogen-bond acceptors (Lipinski definition) is 6. The Hall–Kier alpha value is -1.70. The van der Waals surface area contributed by atoms with E-state index in [1.165, 1.54) is 17.3 Å². The summed E-state index contributed by atoms with van der Waals surface area (Å²) in [5.41, 5.74) is 2.27. The topological polar surface area (TPSA) is 66.3 Å². The largest absolute Gasteiger partial charge is 0.379 e. The van der Waals surface area contributed by atoms with Crippen molar-refractivity contribution in [3.05, 3.63) is 35.4 Å². The Kier molecular flexibility index (Phi) is 5.20. The Bertz CT molecular complexity index is 597. The number of benzene rings is 1. The molecule has 0 unspecified atom stereocenters. The molecule has 0 atom stereocenters. The fourth-order valence-electron chi connectivity index (χ4n) is 2.33. The summed E-state index contributed by atoms with van der Waals surface area (Å²) in [6.07, 6.45) is 1.74. The number of amidine groups is 1. The van der Waals surface area contributed by atoms with E-state index >= 15 is 0 Å². The van der Waals surface area contributed by atoms with E-state index in [9.17, 15) is 4.79 Å². The summed E-state index contributed by atoms with van der Waals surface area (Å²) in [5.74, 6) is 0.397. The standard InChI is InChI=1S/C15H18N4O2S/c20-14-11-22-15(17-14)18-16-9-12-3-1-2-4-13(12)10-19-5-7-21-8-6-19/h1-4,9H,5-8,10-11H2,(H,17,18,20). The first-order chi connectivity index (χ1) is 10.8. The third-order valence-corrected chi connectivity index (χ3v) is 4.35. The van der Waals surface area contributed by atoms with Gasteiger partial charge in [-0.25, -0.2) is 0 Å². The van der Waals surface area contributed by atoms with Gasteiger partial charge in [0.1, 0.15) is 0 Å². The van der Waals surface area contributed by atoms with E-state index < -0.39 is 0 Å². The van der Waals surface area contributed by atoms with Gasteiger partial charge in [0.25, 0.3) is 0 Å². The molecule has 0 saturated carbocycles. The molecular weight excluding hydrogens is 300 g/mol. The van der Waals surface area contributed by atoms with Crippen molar-refractivity contribution in [1.82, 2.24) is 10.2 Å². The lowest BCUT2D eigenvalue weighted by molar-refractivity contribution is -0.116. The van der Waals surface area contributed by atoms with Crippen molar-refractivity contribution < 1.29 is 9.53 Å². The summed E-state index contributed by atoms with van der Waals surface area (Å²) < 4.78 is 5.38. The number of carbonyl (C=O) groups is 1. The molecule has 0 aliphatic carbocycles. The zero-order valence-corrected chi connectivity index (χ0v) is 13.0. The lowest BCUT2D eigenvalue weighted by Gasteiger charge is -2.27. The number of rotatable bonds is 4. The van der Waals surface area contributed by atoms with Gasteiger partial charge in [-0.15, -0.1) is 5.10 Å². The summed E-state index contributed by atoms with van der Waals surface area (Å²) in [4.78, 5) is 13.5. The van der Waals surface area contributed by atoms with Crippen LogP contribution in [0.1, 0.15) is 11.1 Å². The van der Waals surface area contributed by atoms with Crippen LogP contribution in [0, 0.1) is 0 Å². The van der Waals surface area contributed by atoms with Crippen LogP contribution in [-0.4, -0.2) is 54.2 Å². The number of carbonyl (C=O) groups excluding carboxylic acids is 1. The number of amides is 1. The van der Waals surface area contributed by atoms with Crippen LogP contribution in [0.25, 0.3) is 0 Å². The SMILES string of the molecule is O=C1CSC(=NN=Cc2ccccc2CN2CCOCC2)N1. The Labute approximate surface area is 133 Å². The highest BCUT2D eigenvalue weighted by molar-refractivity contribution is 8.15. The molecule has 2 fully saturated rings. The third-order valence-electron chi connectivity index (χ3n) is 3.48. The van der Waals surface area contributed by atoms with Crippen molar-refractivity contribution in [1.29, 1.82) is 0 Å². The van der Waals surface area contributed by atoms with Crippen LogP contribution in [0.3, 0.4) is 0 Å². The summed E-state index contributed by atoms with van der Waals surface area (Å²) in [6.45, 7) is 4.38. The number of hydrogen-bond donors (Lipinski definition) is 1. The maximum atomic E-state index is 11.1. The van der Waals surface area contributed by atoms with Crippen molar-refractivity contribution in [3.63, 3.8) is 0 Å². The van der Waals surface area contributed by atoms with Crippen LogP contribution < -0.4 is 5.32 Å². The number of thioether (sulfide) groups is 1. The van der Waals surface area contributed by atoms with Crippen molar-refractivity contribution in [2.75, 3.05) is 32.1 Å². The average molecular weight is 318 g/mol. The second kappa shape index (κ2) is 7.53. The van der Waals surface area contributed by atoms with E-state index in [1.807, 2.05) is 18.2 Å². The fraction of sp³-hybridized carbons (Fsp3) is 0.400. The van der Waals surface area contributed by atoms with Gasteiger partial charge in [0.15, 0.2) is 5.17 Å². The molecule has 6 nitrogen and oxygen atoms in total. The molecule has 2 aliphatic heterocycles. The monoisotopic (exact) mass is 318 g/mol. The smallest absolute Gasteiger partial charge is 0.236 e. The normalized spacial score (nSPS) is 21.6. The van der Waals surface area contributed by atoms with Gasteiger partial charge in [0, 0.05) is 19.6 Å². The highest BCUT2D eigenvalue weighted by Gasteiger charge is 2.16. The molecule has 116 valence electrons. The summed E-state index contributed by atoms with van der Waals surface area (Å²) in [6, 6.07) is 8.16. The molecule has 3 rings (SSSR count). The molecule has 2 heterocycles. The zero-order valence-electron chi connectivity index (χ0n) is 12.2. The van der Waals surface area contributed by atoms with Gasteiger partial charge in [0.05, 0.1) is 25.2 Å². The minimum atomic E-state index is -0.0216. The predicted octanol–water partition coefficient (Wildman–Crippen LogP) is 1.07. The minimum absolute atomic E-state index is 0.0216. The van der Waals surface area contributed by atoms with E-state index in [0.29, 0.717) is 10.9 Å². The molecule has 1 aromatic carbocycles. The molecule has 7 heteroatoms. The number of morpholine rings is 1. The van der Waals surface area contributed by atoms with Gasteiger partial charge >= 0.3 is 0 Å². The Morgan fingerprint density at radius 2 is 2.14 bits per heavy atom. The summed E-state index contributed by atoms with van der Waals surface area (Å²) >= 11 is 1.37. The first kappa shape index (κ1) is 15.2. The van der Waals surface area contributed by atoms with Crippen molar-refractivity contribution in [3.8, 4) is 0 Å². The second-order valence-electron chi connectivity index (χ2n) is 5.07. The molecule has 2 aliphatic rings. The average Bonchev–Trinajstić information content (AvgIpc) is 2.95. The van der Waals surface area contributed by atoms with Crippen LogP contribution >= 0.6 is 11.8 Å². The molecule has 1 amide bonds. The van der Waals surface area contributed by atoms with Crippen molar-refractivity contribution in [2.45, 2.75) is 6.54 Å². The molecule has 1 aromatic rings. The number of ether oxygens (including phenoxy) is 1. The maximum Gasteiger partial charge on any atom is 0.236 e. The molecule has 0 radical (unpaired) electrons. The maximum absolute atomic E-state index is 11.1. The highest BCUT2D eigenvalue weighted by atomic mass is 32.2. The van der Waals surface area contributed by atoms with Gasteiger partial charge in [-0.3, -0.25) is 9.69 Å². The third kappa shape index (κ3) is 4.16. The van der Waals surface area contributed by atoms with Gasteiger partial charge < -0.3 is 10.1 Å². The fourth-order valence-corrected chi connectivity index (χ4v) is 2.96. The lowest BCUT2D eigenvalue weighted by Crippen LogP contribution is -2.35. The first-order valence-corrected chi connectivity index (χ1v) is 8.21. The molecule has 0 aromatic heterocycles. The summed E-state index contributed by atoms with van der Waals surface area (Å²) in [7, 11) is 0. The first-order valence-electron chi connectivity index (χ1n) is 7.23. The van der Waals surface area contributed by atoms with Crippen LogP contribution in [-0.2, 0) is 16.1 Å². The van der Waals surface area contributed by atoms with E-state index in [-0.39, 0.29) is 5.91 Å². The zero-order chi connectivity index (χ0) is 15.2. The Balaban J connectivity index is 1.66. The van der Waals surface area contributed by atoms with Gasteiger partial charge in [-0.2, -0.15) is 5.10 Å². The van der Waals surface area contributed by atoms with E-state index in [4.69, 9.17) is 4.74 Å². The van der Waals surface area contributed by atoms with Crippen molar-refractivity contribution >= 4 is 29.1 Å². The minimum Gasteiger partial charge on any atom is -0.379 e. The van der Waals surface area contributed by atoms with Gasteiger partial charge in [0.2, 0.25) is 5.91 Å². The molecule has 1 N–H and O–H groups in total. The van der Waals surface area contributed by atoms with Crippen LogP contribution in [0.5, 0.6) is 0 Å². The number of nitrogens with zero attached hydrogens (tertiary/aromatic N) is 3. The molecule has 0 spiro atoms. The van der Waals surface area contributed by atoms with Crippen LogP contribution in [0.15, 0.2) is 34.5 Å². The Morgan fingerprint density at radius 3 is 2.91 bits per heavy atom. The summed E-state index contributed by atoms with van der Waals surface area (Å²) in [5, 5.41) is 11.4. The molecule has 0 bridgehead atoms. The number of nitrogens with one attached hydrogen (secondary N) is 1. The van der Waals surface area contributed by atoms with Crippen molar-refractivity contribution in [2.24, 2.45) is 10.2 Å². The molecule has 22 heavy (non-hydrogen) atoms. The van der Waals surface area contributed by atoms with Crippen LogP contribution in [0.4, 0.5) is 0 Å². The van der Waals surface area contributed by atoms with Gasteiger partial charge in [-0.1, -0.05) is 36.0 Å². The van der Waals surface area contributed by atoms with Gasteiger partial charge in [-0.05, 0) is 11.1 Å². The van der Waals surface area contributed by atoms with Crippen LogP contribution in [0.2, 0.25) is 0 Å². The van der Waals surface area contributed by atoms with E-state index in [2.05, 4.69) is 26.5 Å². The second-order valence-corrected chi connectivity index (χ2v) is 6.04. The molecule has 2 saturated heterocycles. The lowest BCUT2D eigenvalue weighted by atomic mass is 10.1. The molecular formula is C15H18N4O2S. The quantitative estimate of drug-likeness (QED) is 0.666. The Morgan fingerprint density at radius 1 is 1.32 bits per heavy atom. The van der Waals surface area contributed by atoms with E-state index in [1.54, 1.807) is 6.21 Å².